The van der Waals surface area contributed by atoms with Gasteiger partial charge >= 0.3 is 5.97 Å². The van der Waals surface area contributed by atoms with Crippen molar-refractivity contribution in [3.63, 3.8) is 0 Å². The molecule has 3 fully saturated rings. The summed E-state index contributed by atoms with van der Waals surface area (Å²) in [4.78, 5) is 29.4. The minimum atomic E-state index is -2.73. The molecule has 1 saturated heterocycles. The monoisotopic (exact) mass is 784 g/mol. The zero-order valence-corrected chi connectivity index (χ0v) is 30.8. The Balaban J connectivity index is 1.23. The van der Waals surface area contributed by atoms with Crippen LogP contribution in [0.4, 0.5) is 0 Å². The number of guanidine groups is 1. The first kappa shape index (κ1) is 38.2. The van der Waals surface area contributed by atoms with Crippen molar-refractivity contribution in [2.45, 2.75) is 67.8 Å². The summed E-state index contributed by atoms with van der Waals surface area (Å²) in [5.74, 6) is -3.62. The van der Waals surface area contributed by atoms with Crippen LogP contribution in [0, 0.1) is 17.8 Å². The van der Waals surface area contributed by atoms with Crippen molar-refractivity contribution in [1.29, 1.82) is 0 Å². The van der Waals surface area contributed by atoms with E-state index in [1.807, 2.05) is 13.1 Å². The quantitative estimate of drug-likeness (QED) is 0.0696. The fourth-order valence-corrected chi connectivity index (χ4v) is 9.60. The van der Waals surface area contributed by atoms with Gasteiger partial charge in [-0.05, 0) is 96.9 Å². The van der Waals surface area contributed by atoms with Crippen LogP contribution in [-0.2, 0) is 9.53 Å². The third-order valence-corrected chi connectivity index (χ3v) is 12.3. The molecule has 1 aliphatic heterocycles. The summed E-state index contributed by atoms with van der Waals surface area (Å²) >= 11 is 0. The molecular formula is C41H44N4O12. The highest BCUT2D eigenvalue weighted by Gasteiger charge is 2.58. The number of rotatable bonds is 8. The Morgan fingerprint density at radius 3 is 2.51 bits per heavy atom. The molecule has 3 aromatic carbocycles. The number of carbonyl (C=O) groups is 1. The van der Waals surface area contributed by atoms with E-state index >= 15 is 0 Å². The number of phenolic OH excluding ortho intramolecular Hbond substituents is 3. The highest BCUT2D eigenvalue weighted by Crippen LogP contribution is 2.58. The number of carboxylic acid groups (broad SMARTS) is 1. The Morgan fingerprint density at radius 2 is 1.77 bits per heavy atom. The topological polar surface area (TPSA) is 284 Å². The predicted molar refractivity (Wildman–Crippen MR) is 206 cm³/mol. The highest BCUT2D eigenvalue weighted by molar-refractivity contribution is 5.94. The summed E-state index contributed by atoms with van der Waals surface area (Å²) in [6.45, 7) is -0.868. The fourth-order valence-electron chi connectivity index (χ4n) is 9.60. The molecule has 0 spiro atoms. The molecule has 2 bridgehead atoms. The number of phenols is 3. The molecule has 12 N–H and O–H groups in total. The van der Waals surface area contributed by atoms with E-state index in [4.69, 9.17) is 25.4 Å². The lowest BCUT2D eigenvalue weighted by Crippen LogP contribution is -2.70. The number of hydrogen-bond donors (Lipinski definition) is 10. The summed E-state index contributed by atoms with van der Waals surface area (Å²) in [5.41, 5.74) is 11.5. The van der Waals surface area contributed by atoms with Gasteiger partial charge in [-0.1, -0.05) is 30.3 Å². The number of fused-ring (bicyclic) bond motifs is 7. The Bertz CT molecular complexity index is 2380. The largest absolute Gasteiger partial charge is 0.508 e. The molecule has 0 radical (unpaired) electrons. The third-order valence-electron chi connectivity index (χ3n) is 12.3. The van der Waals surface area contributed by atoms with Crippen molar-refractivity contribution in [2.24, 2.45) is 34.2 Å². The second kappa shape index (κ2) is 14.4. The van der Waals surface area contributed by atoms with Gasteiger partial charge in [0.05, 0.1) is 6.54 Å². The van der Waals surface area contributed by atoms with Crippen molar-refractivity contribution in [2.75, 3.05) is 13.6 Å². The van der Waals surface area contributed by atoms with Crippen molar-refractivity contribution in [1.82, 2.24) is 5.32 Å². The highest BCUT2D eigenvalue weighted by atomic mass is 16.7. The average Bonchev–Trinajstić information content (AvgIpc) is 3.18. The maximum atomic E-state index is 13.8. The van der Waals surface area contributed by atoms with Gasteiger partial charge in [-0.2, -0.15) is 0 Å². The van der Waals surface area contributed by atoms with E-state index in [0.29, 0.717) is 23.0 Å². The van der Waals surface area contributed by atoms with Crippen LogP contribution in [0.3, 0.4) is 0 Å². The number of nitrogens with two attached hydrogens (primary N) is 2. The number of aromatic hydroxyl groups is 3. The van der Waals surface area contributed by atoms with Crippen LogP contribution in [0.15, 0.2) is 68.8 Å². The summed E-state index contributed by atoms with van der Waals surface area (Å²) in [7, 11) is 1.99. The van der Waals surface area contributed by atoms with E-state index in [1.54, 1.807) is 12.1 Å². The number of hydrogen-bond acceptors (Lipinski definition) is 13. The van der Waals surface area contributed by atoms with Gasteiger partial charge in [0.15, 0.2) is 29.0 Å². The van der Waals surface area contributed by atoms with E-state index in [-0.39, 0.29) is 35.0 Å². The molecule has 0 amide bonds. The molecule has 300 valence electrons. The Morgan fingerprint density at radius 1 is 1.00 bits per heavy atom. The molecule has 2 heterocycles. The van der Waals surface area contributed by atoms with Gasteiger partial charge in [0.1, 0.15) is 40.3 Å². The average molecular weight is 785 g/mol. The first-order valence-corrected chi connectivity index (χ1v) is 18.7. The minimum Gasteiger partial charge on any atom is -0.508 e. The summed E-state index contributed by atoms with van der Waals surface area (Å²) in [6.07, 6.45) is -2.31. The lowest BCUT2D eigenvalue weighted by atomic mass is 9.54. The number of aliphatic carboxylic acids is 1. The number of aliphatic imine (C=N–C) groups is 1. The van der Waals surface area contributed by atoms with Gasteiger partial charge in [0.2, 0.25) is 12.0 Å². The normalized spacial score (nSPS) is 30.5. The van der Waals surface area contributed by atoms with Crippen LogP contribution in [-0.4, -0.2) is 97.5 Å². The first-order valence-electron chi connectivity index (χ1n) is 18.7. The van der Waals surface area contributed by atoms with E-state index < -0.39 is 76.7 Å². The van der Waals surface area contributed by atoms with E-state index in [2.05, 4.69) is 34.6 Å². The lowest BCUT2D eigenvalue weighted by Gasteiger charge is -2.52. The predicted octanol–water partition coefficient (Wildman–Crippen LogP) is 2.15. The van der Waals surface area contributed by atoms with Gasteiger partial charge in [-0.25, -0.2) is 4.79 Å². The van der Waals surface area contributed by atoms with Crippen molar-refractivity contribution < 1.29 is 54.4 Å². The maximum absolute atomic E-state index is 13.8. The number of aliphatic hydroxyl groups excluding tert-OH is 2. The number of carboxylic acids is 1. The number of ether oxygens (including phenoxy) is 2. The molecule has 4 aliphatic rings. The van der Waals surface area contributed by atoms with Crippen molar-refractivity contribution in [3.05, 3.63) is 81.5 Å². The lowest BCUT2D eigenvalue weighted by molar-refractivity contribution is -0.303. The van der Waals surface area contributed by atoms with Gasteiger partial charge in [0.25, 0.3) is 0 Å². The summed E-state index contributed by atoms with van der Waals surface area (Å²) in [5, 5.41) is 78.9. The Hall–Kier alpha value is -5.65. The SMILES string of the molecule is CN[C@@H]1CC[C@@H]2C[C@@H]1[C@@H]1C(c3cc(O)ccc3-c3cc(=O)c4c(O)c(O)c(O[C@H]5O[C@H](C(=O)O)[C@@H](O)[C@@](O)(CN=C(N)N)[C@H]5O)cc4o3)=Cc3ccccc3[C@@H]1C2. The van der Waals surface area contributed by atoms with Crippen molar-refractivity contribution in [3.8, 4) is 34.3 Å². The molecule has 2 saturated carbocycles. The Kier molecular flexibility index (Phi) is 9.64. The second-order valence-corrected chi connectivity index (χ2v) is 15.5. The molecule has 4 aromatic rings. The molecule has 16 nitrogen and oxygen atoms in total. The zero-order valence-electron chi connectivity index (χ0n) is 30.8. The minimum absolute atomic E-state index is 0.00423. The van der Waals surface area contributed by atoms with Crippen LogP contribution in [0.2, 0.25) is 0 Å². The molecule has 1 aromatic heterocycles. The molecular weight excluding hydrogens is 740 g/mol. The number of aliphatic hydroxyl groups is 3. The fraction of sp³-hybridized carbons (Fsp3) is 0.390. The van der Waals surface area contributed by atoms with Crippen LogP contribution in [0.1, 0.15) is 48.3 Å². The van der Waals surface area contributed by atoms with Crippen LogP contribution in [0.5, 0.6) is 23.0 Å². The van der Waals surface area contributed by atoms with Crippen molar-refractivity contribution >= 4 is 34.5 Å². The molecule has 0 unspecified atom stereocenters. The maximum Gasteiger partial charge on any atom is 0.335 e. The van der Waals surface area contributed by atoms with Gasteiger partial charge in [-0.15, -0.1) is 0 Å². The van der Waals surface area contributed by atoms with Gasteiger partial charge < -0.3 is 66.4 Å². The standard InChI is InChI=1S/C41H44N4O12/c1-44-26-9-6-17-10-23-20-5-3-2-4-18(20)12-24(31(23)25(26)11-17)22-13-19(46)7-8-21(22)28-14-27(47)32-29(55-28)15-30(33(48)34(32)49)56-39-37(51)41(54,16-45-40(42)43)36(50)35(57-39)38(52)53/h2-5,7-8,12-15,17,23,25-26,31,35-37,39,44,46,48-51,54H,6,9-11,16H2,1H3,(H,52,53)(H4,42,43,45)/t17-,23-,25-,26+,31-,35-,36+,37-,39-,41-/m0/s1. The molecule has 8 rings (SSSR count). The number of benzene rings is 3. The van der Waals surface area contributed by atoms with E-state index in [9.17, 15) is 45.3 Å². The zero-order chi connectivity index (χ0) is 40.5. The van der Waals surface area contributed by atoms with Gasteiger partial charge in [-0.3, -0.25) is 9.79 Å². The smallest absolute Gasteiger partial charge is 0.335 e. The molecule has 10 atom stereocenters. The second-order valence-electron chi connectivity index (χ2n) is 15.5. The third kappa shape index (κ3) is 6.43. The van der Waals surface area contributed by atoms with Crippen LogP contribution in [0.25, 0.3) is 33.9 Å². The Labute approximate surface area is 325 Å². The molecule has 3 aliphatic carbocycles. The number of allylic oxidation sites excluding steroid dienone is 1. The first-order chi connectivity index (χ1) is 27.2. The molecule has 16 heteroatoms. The number of nitrogens with one attached hydrogen (secondary N) is 1. The molecule has 57 heavy (non-hydrogen) atoms. The van der Waals surface area contributed by atoms with Crippen LogP contribution >= 0.6 is 0 Å². The van der Waals surface area contributed by atoms with E-state index in [0.717, 1.165) is 42.9 Å². The summed E-state index contributed by atoms with van der Waals surface area (Å²) in [6, 6.07) is 15.6. The summed E-state index contributed by atoms with van der Waals surface area (Å²) < 4.78 is 17.2. The van der Waals surface area contributed by atoms with E-state index in [1.165, 1.54) is 17.7 Å². The number of nitrogens with zero attached hydrogens (tertiary/aromatic N) is 1. The van der Waals surface area contributed by atoms with Crippen LogP contribution < -0.4 is 26.9 Å². The van der Waals surface area contributed by atoms with Gasteiger partial charge in [0, 0.05) is 23.7 Å².